The highest BCUT2D eigenvalue weighted by Gasteiger charge is 2.11. The summed E-state index contributed by atoms with van der Waals surface area (Å²) in [6.45, 7) is 0. The maximum Gasteiger partial charge on any atom is 0.147 e. The molecule has 0 aromatic heterocycles. The zero-order valence-electron chi connectivity index (χ0n) is 9.69. The third-order valence-corrected chi connectivity index (χ3v) is 3.66. The SMILES string of the molecule is CS(=O)(=O)CCC(Cc1cccc(Cl)c1)NN. The van der Waals surface area contributed by atoms with Crippen LogP contribution < -0.4 is 11.3 Å². The van der Waals surface area contributed by atoms with Crippen LogP contribution in [0.2, 0.25) is 5.02 Å². The number of nitrogens with one attached hydrogen (secondary N) is 1. The van der Waals surface area contributed by atoms with E-state index in [9.17, 15) is 8.42 Å². The van der Waals surface area contributed by atoms with Crippen LogP contribution >= 0.6 is 11.6 Å². The molecule has 0 saturated carbocycles. The summed E-state index contributed by atoms with van der Waals surface area (Å²) in [5.74, 6) is 5.54. The van der Waals surface area contributed by atoms with E-state index < -0.39 is 9.84 Å². The Kier molecular flexibility index (Phi) is 5.39. The average Bonchev–Trinajstić information content (AvgIpc) is 2.23. The van der Waals surface area contributed by atoms with Gasteiger partial charge in [0.05, 0.1) is 5.75 Å². The van der Waals surface area contributed by atoms with Crippen LogP contribution in [0.5, 0.6) is 0 Å². The molecular weight excluding hydrogens is 260 g/mol. The summed E-state index contributed by atoms with van der Waals surface area (Å²) >= 11 is 5.87. The van der Waals surface area contributed by atoms with Crippen LogP contribution in [-0.4, -0.2) is 26.5 Å². The van der Waals surface area contributed by atoms with Crippen LogP contribution in [0.25, 0.3) is 0 Å². The number of benzene rings is 1. The molecule has 0 spiro atoms. The van der Waals surface area contributed by atoms with Crippen molar-refractivity contribution >= 4 is 21.4 Å². The van der Waals surface area contributed by atoms with E-state index in [0.29, 0.717) is 17.9 Å². The molecule has 0 amide bonds. The van der Waals surface area contributed by atoms with E-state index in [1.165, 1.54) is 6.26 Å². The first-order valence-corrected chi connectivity index (χ1v) is 7.73. The lowest BCUT2D eigenvalue weighted by molar-refractivity contribution is 0.506. The molecule has 0 aliphatic heterocycles. The van der Waals surface area contributed by atoms with Crippen molar-refractivity contribution in [3.8, 4) is 0 Å². The quantitative estimate of drug-likeness (QED) is 0.604. The van der Waals surface area contributed by atoms with Crippen molar-refractivity contribution < 1.29 is 8.42 Å². The van der Waals surface area contributed by atoms with Crippen molar-refractivity contribution in [2.24, 2.45) is 5.84 Å². The molecule has 0 heterocycles. The van der Waals surface area contributed by atoms with Crippen LogP contribution in [0.4, 0.5) is 0 Å². The summed E-state index contributed by atoms with van der Waals surface area (Å²) in [5, 5.41) is 0.668. The molecule has 3 N–H and O–H groups in total. The van der Waals surface area contributed by atoms with Crippen molar-refractivity contribution in [2.45, 2.75) is 18.9 Å². The second-order valence-electron chi connectivity index (χ2n) is 4.12. The number of hydrogen-bond donors (Lipinski definition) is 2. The topological polar surface area (TPSA) is 72.2 Å². The van der Waals surface area contributed by atoms with Crippen LogP contribution in [0.15, 0.2) is 24.3 Å². The highest BCUT2D eigenvalue weighted by molar-refractivity contribution is 7.90. The smallest absolute Gasteiger partial charge is 0.147 e. The largest absolute Gasteiger partial charge is 0.271 e. The molecule has 1 aromatic rings. The molecule has 0 aliphatic carbocycles. The number of halogens is 1. The molecule has 1 aromatic carbocycles. The predicted octanol–water partition coefficient (Wildman–Crippen LogP) is 1.15. The molecule has 0 bridgehead atoms. The van der Waals surface area contributed by atoms with E-state index in [2.05, 4.69) is 5.43 Å². The van der Waals surface area contributed by atoms with Gasteiger partial charge in [-0.1, -0.05) is 23.7 Å². The maximum atomic E-state index is 11.1. The number of nitrogens with two attached hydrogens (primary N) is 1. The molecule has 0 aliphatic rings. The number of rotatable bonds is 6. The number of sulfone groups is 1. The minimum Gasteiger partial charge on any atom is -0.271 e. The Morgan fingerprint density at radius 2 is 2.18 bits per heavy atom. The lowest BCUT2D eigenvalue weighted by Crippen LogP contribution is -2.38. The summed E-state index contributed by atoms with van der Waals surface area (Å²) < 4.78 is 22.1. The van der Waals surface area contributed by atoms with Gasteiger partial charge in [-0.25, -0.2) is 8.42 Å². The predicted molar refractivity (Wildman–Crippen MR) is 70.6 cm³/mol. The standard InChI is InChI=1S/C11H17ClN2O2S/c1-17(15,16)6-5-11(14-13)8-9-3-2-4-10(12)7-9/h2-4,7,11,14H,5-6,8,13H2,1H3. The van der Waals surface area contributed by atoms with Gasteiger partial charge >= 0.3 is 0 Å². The van der Waals surface area contributed by atoms with Gasteiger partial charge in [0.15, 0.2) is 0 Å². The molecule has 1 atom stereocenters. The van der Waals surface area contributed by atoms with Gasteiger partial charge in [0, 0.05) is 17.3 Å². The first-order chi connectivity index (χ1) is 7.90. The monoisotopic (exact) mass is 276 g/mol. The zero-order chi connectivity index (χ0) is 12.9. The van der Waals surface area contributed by atoms with E-state index in [1.807, 2.05) is 18.2 Å². The van der Waals surface area contributed by atoms with Gasteiger partial charge in [-0.3, -0.25) is 11.3 Å². The van der Waals surface area contributed by atoms with Gasteiger partial charge in [0.25, 0.3) is 0 Å². The summed E-state index contributed by atoms with van der Waals surface area (Å²) in [7, 11) is -2.95. The van der Waals surface area contributed by atoms with Crippen LogP contribution in [0, 0.1) is 0 Å². The van der Waals surface area contributed by atoms with Crippen molar-refractivity contribution in [2.75, 3.05) is 12.0 Å². The molecule has 6 heteroatoms. The Labute approximate surface area is 107 Å². The van der Waals surface area contributed by atoms with Gasteiger partial charge in [0.2, 0.25) is 0 Å². The Morgan fingerprint density at radius 3 is 2.71 bits per heavy atom. The molecule has 0 saturated heterocycles. The van der Waals surface area contributed by atoms with E-state index in [0.717, 1.165) is 5.56 Å². The van der Waals surface area contributed by atoms with E-state index in [-0.39, 0.29) is 11.8 Å². The third kappa shape index (κ3) is 6.02. The Hall–Kier alpha value is -0.620. The maximum absolute atomic E-state index is 11.1. The van der Waals surface area contributed by atoms with Gasteiger partial charge in [-0.2, -0.15) is 0 Å². The molecule has 96 valence electrons. The average molecular weight is 277 g/mol. The van der Waals surface area contributed by atoms with Gasteiger partial charge in [-0.15, -0.1) is 0 Å². The van der Waals surface area contributed by atoms with Crippen molar-refractivity contribution in [3.63, 3.8) is 0 Å². The molecule has 0 radical (unpaired) electrons. The second kappa shape index (κ2) is 6.35. The summed E-state index contributed by atoms with van der Waals surface area (Å²) in [6, 6.07) is 7.39. The van der Waals surface area contributed by atoms with Crippen molar-refractivity contribution in [1.82, 2.24) is 5.43 Å². The molecular formula is C11H17ClN2O2S. The Bertz CT molecular complexity index is 462. The molecule has 1 rings (SSSR count). The minimum absolute atomic E-state index is 0.0665. The first kappa shape index (κ1) is 14.4. The summed E-state index contributed by atoms with van der Waals surface area (Å²) in [5.41, 5.74) is 3.67. The molecule has 17 heavy (non-hydrogen) atoms. The highest BCUT2D eigenvalue weighted by atomic mass is 35.5. The van der Waals surface area contributed by atoms with E-state index in [4.69, 9.17) is 17.4 Å². The minimum atomic E-state index is -2.95. The molecule has 0 fully saturated rings. The molecule has 4 nitrogen and oxygen atoms in total. The second-order valence-corrected chi connectivity index (χ2v) is 6.81. The van der Waals surface area contributed by atoms with E-state index in [1.54, 1.807) is 6.07 Å². The van der Waals surface area contributed by atoms with Gasteiger partial charge < -0.3 is 0 Å². The third-order valence-electron chi connectivity index (χ3n) is 2.44. The van der Waals surface area contributed by atoms with E-state index >= 15 is 0 Å². The lowest BCUT2D eigenvalue weighted by atomic mass is 10.0. The fraction of sp³-hybridized carbons (Fsp3) is 0.455. The lowest BCUT2D eigenvalue weighted by Gasteiger charge is -2.15. The van der Waals surface area contributed by atoms with Gasteiger partial charge in [-0.05, 0) is 30.5 Å². The van der Waals surface area contributed by atoms with Crippen molar-refractivity contribution in [1.29, 1.82) is 0 Å². The fourth-order valence-electron chi connectivity index (χ4n) is 1.55. The number of hydrazine groups is 1. The summed E-state index contributed by atoms with van der Waals surface area (Å²) in [6.07, 6.45) is 2.37. The Morgan fingerprint density at radius 1 is 1.47 bits per heavy atom. The van der Waals surface area contributed by atoms with Crippen LogP contribution in [0.3, 0.4) is 0 Å². The highest BCUT2D eigenvalue weighted by Crippen LogP contribution is 2.13. The molecule has 1 unspecified atom stereocenters. The fourth-order valence-corrected chi connectivity index (χ4v) is 2.47. The first-order valence-electron chi connectivity index (χ1n) is 5.29. The van der Waals surface area contributed by atoms with Crippen LogP contribution in [0.1, 0.15) is 12.0 Å². The van der Waals surface area contributed by atoms with Crippen molar-refractivity contribution in [3.05, 3.63) is 34.9 Å². The normalized spacial score (nSPS) is 13.6. The van der Waals surface area contributed by atoms with Gasteiger partial charge in [0.1, 0.15) is 9.84 Å². The summed E-state index contributed by atoms with van der Waals surface area (Å²) in [4.78, 5) is 0. The van der Waals surface area contributed by atoms with Crippen LogP contribution in [-0.2, 0) is 16.3 Å². The Balaban J connectivity index is 2.58. The zero-order valence-corrected chi connectivity index (χ0v) is 11.3. The number of hydrogen-bond acceptors (Lipinski definition) is 4.